The molecule has 0 fully saturated rings. The van der Waals surface area contributed by atoms with E-state index in [9.17, 15) is 19.8 Å². The second kappa shape index (κ2) is 5.44. The van der Waals surface area contributed by atoms with Crippen LogP contribution < -0.4 is 4.74 Å². The van der Waals surface area contributed by atoms with Crippen LogP contribution >= 0.6 is 0 Å². The van der Waals surface area contributed by atoms with E-state index in [1.165, 1.54) is 13.2 Å². The third-order valence-corrected chi connectivity index (χ3v) is 3.59. The smallest absolute Gasteiger partial charge is 0.331 e. The molecule has 110 valence electrons. The first kappa shape index (κ1) is 14.8. The van der Waals surface area contributed by atoms with Crippen LogP contribution in [-0.4, -0.2) is 29.3 Å². The van der Waals surface area contributed by atoms with Gasteiger partial charge < -0.3 is 14.9 Å². The molecule has 0 bridgehead atoms. The molecule has 0 heterocycles. The summed E-state index contributed by atoms with van der Waals surface area (Å²) in [6.45, 7) is 1.69. The van der Waals surface area contributed by atoms with Crippen LogP contribution in [0.5, 0.6) is 5.75 Å². The third kappa shape index (κ3) is 2.67. The van der Waals surface area contributed by atoms with Gasteiger partial charge in [0.15, 0.2) is 0 Å². The van der Waals surface area contributed by atoms with E-state index in [4.69, 9.17) is 4.74 Å². The molecular formula is C16H16O5. The Balaban J connectivity index is 2.60. The number of aliphatic carboxylic acids is 2. The molecule has 5 heteroatoms. The van der Waals surface area contributed by atoms with Crippen LogP contribution in [0.25, 0.3) is 0 Å². The number of carbonyl (C=O) groups is 2. The molecule has 5 nitrogen and oxygen atoms in total. The Morgan fingerprint density at radius 1 is 1.29 bits per heavy atom. The Labute approximate surface area is 122 Å². The van der Waals surface area contributed by atoms with E-state index >= 15 is 0 Å². The van der Waals surface area contributed by atoms with Gasteiger partial charge in [0.05, 0.1) is 7.11 Å². The second-order valence-electron chi connectivity index (χ2n) is 5.05. The highest BCUT2D eigenvalue weighted by Crippen LogP contribution is 2.39. The minimum Gasteiger partial charge on any atom is -0.497 e. The Bertz CT molecular complexity index is 656. The molecule has 0 saturated heterocycles. The van der Waals surface area contributed by atoms with Crippen LogP contribution in [-0.2, 0) is 15.0 Å². The number of allylic oxidation sites excluding steroid dienone is 2. The predicted octanol–water partition coefficient (Wildman–Crippen LogP) is 2.38. The first-order valence-corrected chi connectivity index (χ1v) is 6.40. The van der Waals surface area contributed by atoms with E-state index in [0.29, 0.717) is 16.9 Å². The molecule has 0 aromatic heterocycles. The van der Waals surface area contributed by atoms with Gasteiger partial charge in [-0.1, -0.05) is 23.8 Å². The fraction of sp³-hybridized carbons (Fsp3) is 0.250. The molecule has 2 N–H and O–H groups in total. The van der Waals surface area contributed by atoms with Gasteiger partial charge in [-0.3, -0.25) is 4.79 Å². The molecule has 0 radical (unpaired) electrons. The average molecular weight is 288 g/mol. The first-order chi connectivity index (χ1) is 9.89. The van der Waals surface area contributed by atoms with Gasteiger partial charge in [0, 0.05) is 12.0 Å². The van der Waals surface area contributed by atoms with E-state index in [0.717, 1.165) is 0 Å². The number of benzene rings is 1. The summed E-state index contributed by atoms with van der Waals surface area (Å²) in [6.07, 6.45) is 3.00. The number of carboxylic acid groups (broad SMARTS) is 2. The van der Waals surface area contributed by atoms with Gasteiger partial charge in [-0.2, -0.15) is 0 Å². The van der Waals surface area contributed by atoms with E-state index in [1.54, 1.807) is 37.3 Å². The van der Waals surface area contributed by atoms with Crippen molar-refractivity contribution < 1.29 is 24.5 Å². The second-order valence-corrected chi connectivity index (χ2v) is 5.05. The van der Waals surface area contributed by atoms with E-state index in [2.05, 4.69) is 0 Å². The summed E-state index contributed by atoms with van der Waals surface area (Å²) in [7, 11) is 1.50. The summed E-state index contributed by atoms with van der Waals surface area (Å²) >= 11 is 0. The zero-order chi connectivity index (χ0) is 15.6. The molecule has 1 aliphatic carbocycles. The van der Waals surface area contributed by atoms with Gasteiger partial charge in [-0.25, -0.2) is 4.79 Å². The molecule has 1 aromatic rings. The minimum atomic E-state index is -1.39. The van der Waals surface area contributed by atoms with Crippen molar-refractivity contribution in [1.82, 2.24) is 0 Å². The lowest BCUT2D eigenvalue weighted by atomic mass is 9.71. The molecule has 1 atom stereocenters. The molecule has 0 spiro atoms. The number of hydrogen-bond acceptors (Lipinski definition) is 3. The molecule has 1 unspecified atom stereocenters. The maximum atomic E-state index is 11.9. The van der Waals surface area contributed by atoms with Crippen LogP contribution in [0.1, 0.15) is 18.9 Å². The fourth-order valence-corrected chi connectivity index (χ4v) is 2.59. The zero-order valence-corrected chi connectivity index (χ0v) is 11.8. The monoisotopic (exact) mass is 288 g/mol. The maximum absolute atomic E-state index is 11.9. The quantitative estimate of drug-likeness (QED) is 0.888. The standard InChI is InChI=1S/C16H16O5/c1-10-6-11(14(17)18)9-16(8-10,15(19)20)12-4-3-5-13(7-12)21-2/h3-8H,9H2,1-2H3,(H,17,18)(H,19,20). The summed E-state index contributed by atoms with van der Waals surface area (Å²) in [5.74, 6) is -1.65. The van der Waals surface area contributed by atoms with Gasteiger partial charge in [0.2, 0.25) is 0 Å². The minimum absolute atomic E-state index is 0.0835. The number of hydrogen-bond donors (Lipinski definition) is 2. The lowest BCUT2D eigenvalue weighted by Crippen LogP contribution is -2.37. The Hall–Kier alpha value is -2.56. The van der Waals surface area contributed by atoms with E-state index < -0.39 is 17.4 Å². The van der Waals surface area contributed by atoms with Crippen LogP contribution in [0, 0.1) is 0 Å². The molecule has 0 saturated carbocycles. The van der Waals surface area contributed by atoms with Gasteiger partial charge in [-0.15, -0.1) is 0 Å². The molecule has 1 aliphatic rings. The maximum Gasteiger partial charge on any atom is 0.331 e. The highest BCUT2D eigenvalue weighted by molar-refractivity contribution is 5.93. The summed E-state index contributed by atoms with van der Waals surface area (Å²) in [5, 5.41) is 18.9. The first-order valence-electron chi connectivity index (χ1n) is 6.40. The van der Waals surface area contributed by atoms with Crippen LogP contribution in [0.3, 0.4) is 0 Å². The third-order valence-electron chi connectivity index (χ3n) is 3.59. The normalized spacial score (nSPS) is 21.2. The predicted molar refractivity (Wildman–Crippen MR) is 76.4 cm³/mol. The molecule has 1 aromatic carbocycles. The van der Waals surface area contributed by atoms with E-state index in [-0.39, 0.29) is 12.0 Å². The van der Waals surface area contributed by atoms with Crippen LogP contribution in [0.4, 0.5) is 0 Å². The SMILES string of the molecule is COc1cccc(C2(C(=O)O)C=C(C)C=C(C(=O)O)C2)c1. The molecule has 2 rings (SSSR count). The van der Waals surface area contributed by atoms with Crippen LogP contribution in [0.2, 0.25) is 0 Å². The van der Waals surface area contributed by atoms with Crippen molar-refractivity contribution in [1.29, 1.82) is 0 Å². The highest BCUT2D eigenvalue weighted by Gasteiger charge is 2.42. The van der Waals surface area contributed by atoms with Crippen molar-refractivity contribution in [2.75, 3.05) is 7.11 Å². The summed E-state index contributed by atoms with van der Waals surface area (Å²) in [4.78, 5) is 23.1. The van der Waals surface area contributed by atoms with Gasteiger partial charge in [-0.05, 0) is 30.7 Å². The van der Waals surface area contributed by atoms with Crippen molar-refractivity contribution in [3.8, 4) is 5.75 Å². The van der Waals surface area contributed by atoms with Gasteiger partial charge in [0.25, 0.3) is 0 Å². The van der Waals surface area contributed by atoms with Crippen molar-refractivity contribution in [3.05, 3.63) is 53.1 Å². The Kier molecular flexibility index (Phi) is 3.84. The molecule has 0 aliphatic heterocycles. The van der Waals surface area contributed by atoms with E-state index in [1.807, 2.05) is 0 Å². The number of rotatable bonds is 4. The Morgan fingerprint density at radius 3 is 2.57 bits per heavy atom. The summed E-state index contributed by atoms with van der Waals surface area (Å²) < 4.78 is 5.13. The largest absolute Gasteiger partial charge is 0.497 e. The highest BCUT2D eigenvalue weighted by atomic mass is 16.5. The lowest BCUT2D eigenvalue weighted by molar-refractivity contribution is -0.142. The molecule has 21 heavy (non-hydrogen) atoms. The number of carboxylic acids is 2. The zero-order valence-electron chi connectivity index (χ0n) is 11.8. The number of methoxy groups -OCH3 is 1. The van der Waals surface area contributed by atoms with Gasteiger partial charge >= 0.3 is 11.9 Å². The fourth-order valence-electron chi connectivity index (χ4n) is 2.59. The van der Waals surface area contributed by atoms with Crippen LogP contribution in [0.15, 0.2) is 47.6 Å². The van der Waals surface area contributed by atoms with Crippen molar-refractivity contribution in [2.45, 2.75) is 18.8 Å². The summed E-state index contributed by atoms with van der Waals surface area (Å²) in [5.41, 5.74) is -0.189. The van der Waals surface area contributed by atoms with Crippen molar-refractivity contribution in [2.24, 2.45) is 0 Å². The molecular weight excluding hydrogens is 272 g/mol. The summed E-state index contributed by atoms with van der Waals surface area (Å²) in [6, 6.07) is 6.71. The van der Waals surface area contributed by atoms with Crippen molar-refractivity contribution in [3.63, 3.8) is 0 Å². The molecule has 0 amide bonds. The number of ether oxygens (including phenoxy) is 1. The average Bonchev–Trinajstić information content (AvgIpc) is 2.46. The lowest BCUT2D eigenvalue weighted by Gasteiger charge is -2.30. The topological polar surface area (TPSA) is 83.8 Å². The van der Waals surface area contributed by atoms with Gasteiger partial charge in [0.1, 0.15) is 11.2 Å². The van der Waals surface area contributed by atoms with Crippen molar-refractivity contribution >= 4 is 11.9 Å². The Morgan fingerprint density at radius 2 is 2.00 bits per heavy atom.